The van der Waals surface area contributed by atoms with Crippen LogP contribution in [0.4, 0.5) is 5.69 Å². The fourth-order valence-electron chi connectivity index (χ4n) is 4.53. The van der Waals surface area contributed by atoms with Gasteiger partial charge in [0.05, 0.1) is 17.5 Å². The van der Waals surface area contributed by atoms with E-state index >= 15 is 0 Å². The quantitative estimate of drug-likeness (QED) is 0.447. The maximum absolute atomic E-state index is 12.8. The van der Waals surface area contributed by atoms with E-state index in [2.05, 4.69) is 10.3 Å². The summed E-state index contributed by atoms with van der Waals surface area (Å²) in [5, 5.41) is 4.29. The Morgan fingerprint density at radius 2 is 1.86 bits per heavy atom. The molecule has 0 spiro atoms. The molecule has 0 aliphatic carbocycles. The van der Waals surface area contributed by atoms with E-state index in [-0.39, 0.29) is 24.1 Å². The zero-order chi connectivity index (χ0) is 23.9. The summed E-state index contributed by atoms with van der Waals surface area (Å²) < 4.78 is 11.0. The largest absolute Gasteiger partial charge is 0.454 e. The molecule has 0 radical (unpaired) electrons. The molecule has 6 rings (SSSR count). The molecule has 1 N–H and O–H groups in total. The maximum atomic E-state index is 12.8. The van der Waals surface area contributed by atoms with E-state index in [9.17, 15) is 4.79 Å². The van der Waals surface area contributed by atoms with Crippen LogP contribution in [-0.4, -0.2) is 29.3 Å². The summed E-state index contributed by atoms with van der Waals surface area (Å²) in [6.07, 6.45) is 0.679. The Hall–Kier alpha value is -3.07. The van der Waals surface area contributed by atoms with Gasteiger partial charge in [-0.05, 0) is 65.3 Å². The average molecular weight is 522 g/mol. The summed E-state index contributed by atoms with van der Waals surface area (Å²) in [6.45, 7) is 0.224. The number of thiocarbonyl (C=S) groups is 1. The van der Waals surface area contributed by atoms with Crippen LogP contribution in [0.5, 0.6) is 11.5 Å². The summed E-state index contributed by atoms with van der Waals surface area (Å²) in [6, 6.07) is 21.6. The smallest absolute Gasteiger partial charge is 0.238 e. The average Bonchev–Trinajstić information content (AvgIpc) is 3.49. The SMILES string of the molecule is O=C1CSC(c2ccc3c(c2)OCO3)N1c1ccc(C2=NC(=S)NC(c3cccc(Cl)c3)C2)cc1. The normalized spacial score (nSPS) is 21.2. The Labute approximate surface area is 217 Å². The Morgan fingerprint density at radius 1 is 1.03 bits per heavy atom. The molecule has 6 nitrogen and oxygen atoms in total. The van der Waals surface area contributed by atoms with Crippen LogP contribution in [0.25, 0.3) is 0 Å². The number of thioether (sulfide) groups is 1. The second kappa shape index (κ2) is 9.18. The highest BCUT2D eigenvalue weighted by atomic mass is 35.5. The van der Waals surface area contributed by atoms with E-state index in [1.807, 2.05) is 71.6 Å². The molecule has 0 bridgehead atoms. The number of rotatable bonds is 4. The van der Waals surface area contributed by atoms with Gasteiger partial charge in [0.1, 0.15) is 5.37 Å². The molecule has 176 valence electrons. The fourth-order valence-corrected chi connectivity index (χ4v) is 6.15. The lowest BCUT2D eigenvalue weighted by atomic mass is 9.96. The number of hydrogen-bond acceptors (Lipinski definition) is 5. The lowest BCUT2D eigenvalue weighted by molar-refractivity contribution is -0.115. The van der Waals surface area contributed by atoms with Gasteiger partial charge in [0.25, 0.3) is 0 Å². The number of nitrogens with one attached hydrogen (secondary N) is 1. The van der Waals surface area contributed by atoms with Gasteiger partial charge in [-0.15, -0.1) is 11.8 Å². The first-order chi connectivity index (χ1) is 17.0. The van der Waals surface area contributed by atoms with Crippen molar-refractivity contribution in [1.82, 2.24) is 5.32 Å². The number of anilines is 1. The summed E-state index contributed by atoms with van der Waals surface area (Å²) in [5.41, 5.74) is 4.79. The van der Waals surface area contributed by atoms with Gasteiger partial charge in [-0.25, -0.2) is 4.99 Å². The molecule has 1 fully saturated rings. The van der Waals surface area contributed by atoms with Crippen LogP contribution in [0.15, 0.2) is 71.7 Å². The number of benzene rings is 3. The number of halogens is 1. The van der Waals surface area contributed by atoms with Crippen LogP contribution in [0, 0.1) is 0 Å². The van der Waals surface area contributed by atoms with Crippen molar-refractivity contribution in [1.29, 1.82) is 0 Å². The highest BCUT2D eigenvalue weighted by molar-refractivity contribution is 8.00. The third kappa shape index (κ3) is 4.37. The molecule has 35 heavy (non-hydrogen) atoms. The minimum absolute atomic E-state index is 0.000300. The van der Waals surface area contributed by atoms with E-state index in [0.29, 0.717) is 28.1 Å². The summed E-state index contributed by atoms with van der Waals surface area (Å²) in [4.78, 5) is 19.3. The highest BCUT2D eigenvalue weighted by Gasteiger charge is 2.35. The predicted molar refractivity (Wildman–Crippen MR) is 143 cm³/mol. The minimum atomic E-state index is -0.126. The molecular weight excluding hydrogens is 502 g/mol. The molecule has 9 heteroatoms. The van der Waals surface area contributed by atoms with E-state index in [1.54, 1.807) is 11.8 Å². The zero-order valence-electron chi connectivity index (χ0n) is 18.4. The van der Waals surface area contributed by atoms with Crippen molar-refractivity contribution >= 4 is 58.0 Å². The first kappa shape index (κ1) is 22.4. The van der Waals surface area contributed by atoms with E-state index in [4.69, 9.17) is 33.3 Å². The monoisotopic (exact) mass is 521 g/mol. The predicted octanol–water partition coefficient (Wildman–Crippen LogP) is 5.66. The molecule has 1 amide bonds. The number of fused-ring (bicyclic) bond motifs is 1. The Kier molecular flexibility index (Phi) is 5.88. The van der Waals surface area contributed by atoms with Crippen molar-refractivity contribution in [2.45, 2.75) is 17.8 Å². The van der Waals surface area contributed by atoms with Crippen molar-refractivity contribution in [2.75, 3.05) is 17.4 Å². The number of carbonyl (C=O) groups excluding carboxylic acids is 1. The van der Waals surface area contributed by atoms with Crippen LogP contribution < -0.4 is 19.7 Å². The van der Waals surface area contributed by atoms with Gasteiger partial charge in [0.2, 0.25) is 12.7 Å². The second-order valence-corrected chi connectivity index (χ2v) is 10.3. The minimum Gasteiger partial charge on any atom is -0.454 e. The molecule has 3 aliphatic rings. The van der Waals surface area contributed by atoms with Crippen molar-refractivity contribution in [3.63, 3.8) is 0 Å². The van der Waals surface area contributed by atoms with Gasteiger partial charge in [0, 0.05) is 17.1 Å². The fraction of sp³-hybridized carbons (Fsp3) is 0.192. The van der Waals surface area contributed by atoms with E-state index in [1.165, 1.54) is 0 Å². The number of ether oxygens (including phenoxy) is 2. The van der Waals surface area contributed by atoms with Crippen molar-refractivity contribution in [2.24, 2.45) is 4.99 Å². The zero-order valence-corrected chi connectivity index (χ0v) is 20.8. The number of carbonyl (C=O) groups is 1. The topological polar surface area (TPSA) is 63.2 Å². The second-order valence-electron chi connectivity index (χ2n) is 8.41. The van der Waals surface area contributed by atoms with Crippen LogP contribution in [0.2, 0.25) is 5.02 Å². The highest BCUT2D eigenvalue weighted by Crippen LogP contribution is 2.44. The molecular formula is C26H20ClN3O3S2. The molecule has 0 saturated carbocycles. The first-order valence-electron chi connectivity index (χ1n) is 11.1. The third-order valence-electron chi connectivity index (χ3n) is 6.21. The van der Waals surface area contributed by atoms with Gasteiger partial charge in [-0.3, -0.25) is 9.69 Å². The van der Waals surface area contributed by atoms with Gasteiger partial charge in [-0.2, -0.15) is 0 Å². The molecule has 2 unspecified atom stereocenters. The van der Waals surface area contributed by atoms with Crippen LogP contribution in [0.3, 0.4) is 0 Å². The van der Waals surface area contributed by atoms with Crippen LogP contribution >= 0.6 is 35.6 Å². The van der Waals surface area contributed by atoms with Crippen molar-refractivity contribution in [3.8, 4) is 11.5 Å². The maximum Gasteiger partial charge on any atom is 0.238 e. The number of aliphatic imine (C=N–C) groups is 1. The summed E-state index contributed by atoms with van der Waals surface area (Å²) >= 11 is 13.2. The van der Waals surface area contributed by atoms with Gasteiger partial charge in [0.15, 0.2) is 16.6 Å². The number of hydrogen-bond donors (Lipinski definition) is 1. The molecule has 3 aromatic carbocycles. The standard InChI is InChI=1S/C26H20ClN3O3S2/c27-18-3-1-2-16(10-18)21-12-20(28-26(34)29-21)15-4-7-19(8-5-15)30-24(31)13-35-25(30)17-6-9-22-23(11-17)33-14-32-22/h1-11,21,25H,12-14H2,(H,29,34). The molecule has 1 saturated heterocycles. The summed E-state index contributed by atoms with van der Waals surface area (Å²) in [5.74, 6) is 1.95. The number of nitrogens with zero attached hydrogens (tertiary/aromatic N) is 2. The van der Waals surface area contributed by atoms with Crippen molar-refractivity contribution in [3.05, 3.63) is 88.4 Å². The van der Waals surface area contributed by atoms with E-state index < -0.39 is 0 Å². The van der Waals surface area contributed by atoms with Crippen molar-refractivity contribution < 1.29 is 14.3 Å². The van der Waals surface area contributed by atoms with Crippen LogP contribution in [-0.2, 0) is 4.79 Å². The number of amides is 1. The Balaban J connectivity index is 1.25. The molecule has 3 aliphatic heterocycles. The Morgan fingerprint density at radius 3 is 2.69 bits per heavy atom. The molecule has 2 atom stereocenters. The molecule has 0 aromatic heterocycles. The van der Waals surface area contributed by atoms with Gasteiger partial charge in [-0.1, -0.05) is 41.9 Å². The van der Waals surface area contributed by atoms with Gasteiger partial charge >= 0.3 is 0 Å². The lowest BCUT2D eigenvalue weighted by Gasteiger charge is -2.26. The Bertz CT molecular complexity index is 1360. The first-order valence-corrected chi connectivity index (χ1v) is 13.0. The molecule has 3 heterocycles. The summed E-state index contributed by atoms with van der Waals surface area (Å²) in [7, 11) is 0. The molecule has 3 aromatic rings. The third-order valence-corrected chi connectivity index (χ3v) is 7.87. The van der Waals surface area contributed by atoms with Gasteiger partial charge < -0.3 is 14.8 Å². The van der Waals surface area contributed by atoms with E-state index in [0.717, 1.165) is 33.8 Å². The van der Waals surface area contributed by atoms with Crippen LogP contribution in [0.1, 0.15) is 34.5 Å². The lowest BCUT2D eigenvalue weighted by Crippen LogP contribution is -2.33.